The van der Waals surface area contributed by atoms with Crippen molar-refractivity contribution in [2.45, 2.75) is 38.4 Å². The average molecular weight is 338 g/mol. The van der Waals surface area contributed by atoms with Gasteiger partial charge in [-0.15, -0.1) is 0 Å². The molecule has 25 heavy (non-hydrogen) atoms. The maximum Gasteiger partial charge on any atom is 0.224 e. The Morgan fingerprint density at radius 1 is 1.08 bits per heavy atom. The summed E-state index contributed by atoms with van der Waals surface area (Å²) >= 11 is 0. The first kappa shape index (κ1) is 16.3. The second-order valence-corrected chi connectivity index (χ2v) is 7.36. The highest BCUT2D eigenvalue weighted by atomic mass is 16.2. The maximum absolute atomic E-state index is 12.8. The first-order valence-electron chi connectivity index (χ1n) is 9.29. The monoisotopic (exact) mass is 338 g/mol. The van der Waals surface area contributed by atoms with Gasteiger partial charge in [0, 0.05) is 70.0 Å². The van der Waals surface area contributed by atoms with Crippen LogP contribution in [0.2, 0.25) is 0 Å². The van der Waals surface area contributed by atoms with Gasteiger partial charge in [0.15, 0.2) is 0 Å². The van der Waals surface area contributed by atoms with Gasteiger partial charge < -0.3 is 9.47 Å². The topological polar surface area (TPSA) is 41.4 Å². The molecule has 5 heteroatoms. The third-order valence-corrected chi connectivity index (χ3v) is 5.52. The van der Waals surface area contributed by atoms with Gasteiger partial charge in [-0.2, -0.15) is 0 Å². The number of rotatable bonds is 5. The predicted molar refractivity (Wildman–Crippen MR) is 96.8 cm³/mol. The van der Waals surface area contributed by atoms with E-state index in [9.17, 15) is 4.79 Å². The molecule has 1 amide bonds. The largest absolute Gasteiger partial charge is 0.354 e. The summed E-state index contributed by atoms with van der Waals surface area (Å²) in [5.74, 6) is 0.922. The highest BCUT2D eigenvalue weighted by Gasteiger charge is 2.36. The Bertz CT molecular complexity index is 685. The summed E-state index contributed by atoms with van der Waals surface area (Å²) in [6.45, 7) is 4.76. The van der Waals surface area contributed by atoms with Crippen molar-refractivity contribution < 1.29 is 4.79 Å². The lowest BCUT2D eigenvalue weighted by atomic mass is 9.94. The van der Waals surface area contributed by atoms with E-state index in [1.807, 2.05) is 36.9 Å². The van der Waals surface area contributed by atoms with Crippen LogP contribution in [0.3, 0.4) is 0 Å². The summed E-state index contributed by atoms with van der Waals surface area (Å²) in [6, 6.07) is 8.57. The number of aryl methyl sites for hydroxylation is 1. The minimum Gasteiger partial charge on any atom is -0.354 e. The van der Waals surface area contributed by atoms with Gasteiger partial charge in [-0.25, -0.2) is 0 Å². The first-order chi connectivity index (χ1) is 12.3. The highest BCUT2D eigenvalue weighted by molar-refractivity contribution is 5.76. The van der Waals surface area contributed by atoms with Crippen molar-refractivity contribution in [1.82, 2.24) is 19.4 Å². The smallest absolute Gasteiger partial charge is 0.224 e. The van der Waals surface area contributed by atoms with Crippen LogP contribution in [0.15, 0.2) is 49.1 Å². The molecule has 3 saturated heterocycles. The third-order valence-electron chi connectivity index (χ3n) is 5.52. The molecule has 5 nitrogen and oxygen atoms in total. The number of hydrogen-bond acceptors (Lipinski definition) is 3. The second-order valence-electron chi connectivity index (χ2n) is 7.36. The van der Waals surface area contributed by atoms with Crippen LogP contribution in [0, 0.1) is 5.92 Å². The van der Waals surface area contributed by atoms with Crippen LogP contribution < -0.4 is 0 Å². The van der Waals surface area contributed by atoms with Crippen molar-refractivity contribution in [2.75, 3.05) is 19.6 Å². The molecule has 0 spiro atoms. The third kappa shape index (κ3) is 3.93. The van der Waals surface area contributed by atoms with Crippen molar-refractivity contribution in [3.8, 4) is 0 Å². The van der Waals surface area contributed by atoms with E-state index in [4.69, 9.17) is 0 Å². The number of carbonyl (C=O) groups excluding carboxylic acids is 1. The number of nitrogens with zero attached hydrogens (tertiary/aromatic N) is 4. The fraction of sp³-hybridized carbons (Fsp3) is 0.500. The van der Waals surface area contributed by atoms with E-state index in [1.54, 1.807) is 0 Å². The van der Waals surface area contributed by atoms with Crippen molar-refractivity contribution in [1.29, 1.82) is 0 Å². The Morgan fingerprint density at radius 2 is 1.88 bits per heavy atom. The number of hydrogen-bond donors (Lipinski definition) is 0. The molecule has 0 N–H and O–H groups in total. The van der Waals surface area contributed by atoms with E-state index in [-0.39, 0.29) is 0 Å². The Labute approximate surface area is 149 Å². The minimum atomic E-state index is 0.314. The summed E-state index contributed by atoms with van der Waals surface area (Å²) in [4.78, 5) is 21.6. The molecule has 2 bridgehead atoms. The summed E-state index contributed by atoms with van der Waals surface area (Å²) in [7, 11) is 0. The minimum absolute atomic E-state index is 0.314. The molecule has 2 aromatic heterocycles. The van der Waals surface area contributed by atoms with Gasteiger partial charge in [-0.3, -0.25) is 14.7 Å². The number of piperidine rings is 1. The second kappa shape index (κ2) is 7.40. The molecule has 5 rings (SSSR count). The van der Waals surface area contributed by atoms with Crippen LogP contribution in [0.1, 0.15) is 24.8 Å². The quantitative estimate of drug-likeness (QED) is 0.841. The number of fused-ring (bicyclic) bond motifs is 4. The molecular formula is C20H26N4O. The zero-order valence-corrected chi connectivity index (χ0v) is 14.6. The molecular weight excluding hydrogens is 312 g/mol. The van der Waals surface area contributed by atoms with Gasteiger partial charge in [0.05, 0.1) is 0 Å². The number of carbonyl (C=O) groups is 1. The van der Waals surface area contributed by atoms with Crippen molar-refractivity contribution in [3.05, 3.63) is 54.6 Å². The molecule has 3 fully saturated rings. The molecule has 0 saturated carbocycles. The lowest BCUT2D eigenvalue weighted by Crippen LogP contribution is -2.47. The summed E-state index contributed by atoms with van der Waals surface area (Å²) in [5, 5.41) is 0. The molecule has 0 aromatic carbocycles. The van der Waals surface area contributed by atoms with E-state index in [1.165, 1.54) is 12.0 Å². The van der Waals surface area contributed by atoms with Crippen molar-refractivity contribution >= 4 is 5.91 Å². The summed E-state index contributed by atoms with van der Waals surface area (Å²) in [6.07, 6.45) is 10.8. The number of pyridine rings is 1. The van der Waals surface area contributed by atoms with Gasteiger partial charge in [-0.1, -0.05) is 0 Å². The van der Waals surface area contributed by atoms with Crippen LogP contribution >= 0.6 is 0 Å². The van der Waals surface area contributed by atoms with Gasteiger partial charge >= 0.3 is 0 Å². The lowest BCUT2D eigenvalue weighted by molar-refractivity contribution is -0.135. The fourth-order valence-electron chi connectivity index (χ4n) is 4.25. The predicted octanol–water partition coefficient (Wildman–Crippen LogP) is 2.40. The molecule has 0 aliphatic carbocycles. The summed E-state index contributed by atoms with van der Waals surface area (Å²) in [5.41, 5.74) is 1.31. The Hall–Kier alpha value is -2.14. The lowest BCUT2D eigenvalue weighted by Gasteiger charge is -2.36. The molecule has 132 valence electrons. The zero-order valence-electron chi connectivity index (χ0n) is 14.6. The van der Waals surface area contributed by atoms with E-state index in [2.05, 4.69) is 31.5 Å². The number of aromatic nitrogens is 2. The first-order valence-corrected chi connectivity index (χ1v) is 9.29. The van der Waals surface area contributed by atoms with Crippen LogP contribution in [-0.4, -0.2) is 50.9 Å². The Kier molecular flexibility index (Phi) is 4.83. The maximum atomic E-state index is 12.8. The SMILES string of the molecule is O=C(CCn1cccc1)N1C[C@H]2CC[C@@H]1CN(Cc1ccncc1)C2. The van der Waals surface area contributed by atoms with Gasteiger partial charge in [0.25, 0.3) is 0 Å². The zero-order chi connectivity index (χ0) is 17.1. The van der Waals surface area contributed by atoms with Crippen LogP contribution in [0.5, 0.6) is 0 Å². The van der Waals surface area contributed by atoms with Gasteiger partial charge in [0.1, 0.15) is 0 Å². The Balaban J connectivity index is 1.38. The fourth-order valence-corrected chi connectivity index (χ4v) is 4.25. The van der Waals surface area contributed by atoms with Crippen LogP contribution in [0.25, 0.3) is 0 Å². The highest BCUT2D eigenvalue weighted by Crippen LogP contribution is 2.29. The molecule has 0 radical (unpaired) electrons. The van der Waals surface area contributed by atoms with Gasteiger partial charge in [0.2, 0.25) is 5.91 Å². The average Bonchev–Trinajstić information content (AvgIpc) is 3.01. The van der Waals surface area contributed by atoms with Gasteiger partial charge in [-0.05, 0) is 48.6 Å². The normalized spacial score (nSPS) is 23.6. The molecule has 0 unspecified atom stereocenters. The molecule has 3 aliphatic rings. The van der Waals surface area contributed by atoms with E-state index in [0.717, 1.165) is 39.1 Å². The summed E-state index contributed by atoms with van der Waals surface area (Å²) < 4.78 is 2.09. The molecule has 2 atom stereocenters. The molecule has 2 aromatic rings. The Morgan fingerprint density at radius 3 is 2.68 bits per heavy atom. The molecule has 5 heterocycles. The number of amides is 1. The van der Waals surface area contributed by atoms with Crippen molar-refractivity contribution in [3.63, 3.8) is 0 Å². The molecule has 3 aliphatic heterocycles. The van der Waals surface area contributed by atoms with Crippen molar-refractivity contribution in [2.24, 2.45) is 5.92 Å². The standard InChI is InChI=1S/C20H26N4O/c25-20(7-12-22-10-1-2-11-22)24-15-18-3-4-19(24)16-23(14-18)13-17-5-8-21-9-6-17/h1-2,5-6,8-11,18-19H,3-4,7,12-16H2/t18-,19+/m0/s1. The van der Waals surface area contributed by atoms with E-state index >= 15 is 0 Å². The van der Waals surface area contributed by atoms with E-state index < -0.39 is 0 Å². The van der Waals surface area contributed by atoms with Crippen LogP contribution in [-0.2, 0) is 17.9 Å². The van der Waals surface area contributed by atoms with Crippen LogP contribution in [0.4, 0.5) is 0 Å². The van der Waals surface area contributed by atoms with E-state index in [0.29, 0.717) is 24.3 Å².